The summed E-state index contributed by atoms with van der Waals surface area (Å²) in [5.74, 6) is 0.483. The van der Waals surface area contributed by atoms with E-state index in [9.17, 15) is 4.39 Å². The summed E-state index contributed by atoms with van der Waals surface area (Å²) in [6, 6.07) is 15.2. The van der Waals surface area contributed by atoms with Crippen LogP contribution < -0.4 is 5.32 Å². The van der Waals surface area contributed by atoms with Crippen LogP contribution in [0.25, 0.3) is 16.7 Å². The molecular weight excluding hydrogens is 321 g/mol. The smallest absolute Gasteiger partial charge is 0.123 e. The van der Waals surface area contributed by atoms with E-state index in [1.54, 1.807) is 0 Å². The Hall–Kier alpha value is -1.80. The van der Waals surface area contributed by atoms with E-state index in [4.69, 9.17) is 11.6 Å². The van der Waals surface area contributed by atoms with Crippen molar-refractivity contribution in [3.05, 3.63) is 65.6 Å². The van der Waals surface area contributed by atoms with Gasteiger partial charge in [-0.2, -0.15) is 0 Å². The molecule has 3 rings (SSSR count). The number of nitrogens with one attached hydrogen (secondary N) is 1. The standard InChI is InChI=1S/C21H23ClFN/c22-14-3-4-20(21-5-1-2-15-24-21)18-8-6-16(7-9-18)17-10-12-19(23)13-11-17/h6-13,24H,1-5,14-15H2. The fourth-order valence-corrected chi connectivity index (χ4v) is 3.36. The molecule has 24 heavy (non-hydrogen) atoms. The molecule has 0 unspecified atom stereocenters. The average Bonchev–Trinajstić information content (AvgIpc) is 2.64. The predicted molar refractivity (Wildman–Crippen MR) is 101 cm³/mol. The van der Waals surface area contributed by atoms with E-state index in [1.165, 1.54) is 41.8 Å². The lowest BCUT2D eigenvalue weighted by Crippen LogP contribution is -2.21. The highest BCUT2D eigenvalue weighted by atomic mass is 35.5. The molecule has 1 heterocycles. The van der Waals surface area contributed by atoms with Gasteiger partial charge in [0.05, 0.1) is 0 Å². The minimum atomic E-state index is -0.202. The fourth-order valence-electron chi connectivity index (χ4n) is 3.23. The highest BCUT2D eigenvalue weighted by molar-refractivity contribution is 6.17. The Morgan fingerprint density at radius 2 is 1.62 bits per heavy atom. The topological polar surface area (TPSA) is 12.0 Å². The van der Waals surface area contributed by atoms with Gasteiger partial charge >= 0.3 is 0 Å². The van der Waals surface area contributed by atoms with Crippen molar-refractivity contribution in [1.82, 2.24) is 5.32 Å². The highest BCUT2D eigenvalue weighted by Crippen LogP contribution is 2.29. The first-order valence-electron chi connectivity index (χ1n) is 8.66. The van der Waals surface area contributed by atoms with Gasteiger partial charge in [0.15, 0.2) is 0 Å². The van der Waals surface area contributed by atoms with Crippen LogP contribution in [0, 0.1) is 5.82 Å². The molecule has 1 saturated heterocycles. The van der Waals surface area contributed by atoms with E-state index in [0.29, 0.717) is 5.88 Å². The molecule has 0 amide bonds. The van der Waals surface area contributed by atoms with E-state index in [2.05, 4.69) is 29.6 Å². The molecule has 0 spiro atoms. The van der Waals surface area contributed by atoms with E-state index in [0.717, 1.165) is 36.9 Å². The summed E-state index contributed by atoms with van der Waals surface area (Å²) in [6.07, 6.45) is 5.61. The van der Waals surface area contributed by atoms with Gasteiger partial charge in [-0.15, -0.1) is 11.6 Å². The van der Waals surface area contributed by atoms with Crippen molar-refractivity contribution in [2.24, 2.45) is 0 Å². The molecule has 0 radical (unpaired) electrons. The van der Waals surface area contributed by atoms with E-state index >= 15 is 0 Å². The van der Waals surface area contributed by atoms with Crippen LogP contribution in [0.1, 0.15) is 37.7 Å². The van der Waals surface area contributed by atoms with Crippen molar-refractivity contribution >= 4 is 17.2 Å². The first-order valence-corrected chi connectivity index (χ1v) is 9.19. The largest absolute Gasteiger partial charge is 0.388 e. The van der Waals surface area contributed by atoms with Crippen LogP contribution in [0.5, 0.6) is 0 Å². The second kappa shape index (κ2) is 8.34. The number of rotatable bonds is 5. The number of alkyl halides is 1. The van der Waals surface area contributed by atoms with Crippen LogP contribution in [0.4, 0.5) is 4.39 Å². The van der Waals surface area contributed by atoms with Crippen LogP contribution in [-0.2, 0) is 0 Å². The maximum atomic E-state index is 13.1. The van der Waals surface area contributed by atoms with Crippen molar-refractivity contribution in [2.45, 2.75) is 32.1 Å². The van der Waals surface area contributed by atoms with Crippen LogP contribution in [0.3, 0.4) is 0 Å². The molecular formula is C21H23ClFN. The van der Waals surface area contributed by atoms with Crippen LogP contribution in [-0.4, -0.2) is 12.4 Å². The third kappa shape index (κ3) is 4.18. The molecule has 3 heteroatoms. The molecule has 0 atom stereocenters. The van der Waals surface area contributed by atoms with Gasteiger partial charge in [0.2, 0.25) is 0 Å². The maximum absolute atomic E-state index is 13.1. The SMILES string of the molecule is Fc1ccc(-c2ccc(C(CCCCl)=C3CCCCN3)cc2)cc1. The van der Waals surface area contributed by atoms with Crippen LogP contribution >= 0.6 is 11.6 Å². The minimum Gasteiger partial charge on any atom is -0.388 e. The second-order valence-corrected chi connectivity index (χ2v) is 6.60. The van der Waals surface area contributed by atoms with Crippen molar-refractivity contribution < 1.29 is 4.39 Å². The Morgan fingerprint density at radius 3 is 2.21 bits per heavy atom. The monoisotopic (exact) mass is 343 g/mol. The summed E-state index contributed by atoms with van der Waals surface area (Å²) >= 11 is 5.92. The van der Waals surface area contributed by atoms with Gasteiger partial charge in [-0.3, -0.25) is 0 Å². The van der Waals surface area contributed by atoms with E-state index in [1.807, 2.05) is 12.1 Å². The number of hydrogen-bond donors (Lipinski definition) is 1. The Morgan fingerprint density at radius 1 is 0.958 bits per heavy atom. The Labute approximate surface area is 148 Å². The second-order valence-electron chi connectivity index (χ2n) is 6.22. The molecule has 1 aliphatic rings. The Bertz CT molecular complexity index is 681. The van der Waals surface area contributed by atoms with Gasteiger partial charge in [-0.05, 0) is 66.5 Å². The molecule has 126 valence electrons. The molecule has 0 aromatic heterocycles. The number of piperidine rings is 1. The number of hydrogen-bond acceptors (Lipinski definition) is 1. The number of allylic oxidation sites excluding steroid dienone is 2. The summed E-state index contributed by atoms with van der Waals surface area (Å²) in [7, 11) is 0. The first-order chi connectivity index (χ1) is 11.8. The third-order valence-corrected chi connectivity index (χ3v) is 4.79. The third-order valence-electron chi connectivity index (χ3n) is 4.53. The van der Waals surface area contributed by atoms with Gasteiger partial charge in [0.25, 0.3) is 0 Å². The summed E-state index contributed by atoms with van der Waals surface area (Å²) in [5, 5.41) is 3.57. The van der Waals surface area contributed by atoms with Gasteiger partial charge < -0.3 is 5.32 Å². The summed E-state index contributed by atoms with van der Waals surface area (Å²) < 4.78 is 13.1. The highest BCUT2D eigenvalue weighted by Gasteiger charge is 2.12. The quantitative estimate of drug-likeness (QED) is 0.657. The molecule has 1 N–H and O–H groups in total. The molecule has 0 aliphatic carbocycles. The lowest BCUT2D eigenvalue weighted by molar-refractivity contribution is 0.587. The average molecular weight is 344 g/mol. The molecule has 0 bridgehead atoms. The zero-order valence-electron chi connectivity index (χ0n) is 13.8. The normalized spacial score (nSPS) is 16.6. The number of benzene rings is 2. The van der Waals surface area contributed by atoms with E-state index in [-0.39, 0.29) is 5.82 Å². The van der Waals surface area contributed by atoms with Crippen molar-refractivity contribution in [2.75, 3.05) is 12.4 Å². The molecule has 1 nitrogen and oxygen atoms in total. The van der Waals surface area contributed by atoms with Gasteiger partial charge in [0.1, 0.15) is 5.82 Å². The summed E-state index contributed by atoms with van der Waals surface area (Å²) in [5.41, 5.74) is 6.17. The maximum Gasteiger partial charge on any atom is 0.123 e. The van der Waals surface area contributed by atoms with Crippen molar-refractivity contribution in [1.29, 1.82) is 0 Å². The zero-order valence-corrected chi connectivity index (χ0v) is 14.6. The predicted octanol–water partition coefficient (Wildman–Crippen LogP) is 6.00. The van der Waals surface area contributed by atoms with Gasteiger partial charge in [-0.25, -0.2) is 4.39 Å². The Balaban J connectivity index is 1.87. The Kier molecular flexibility index (Phi) is 5.92. The lowest BCUT2D eigenvalue weighted by atomic mass is 9.93. The molecule has 0 saturated carbocycles. The minimum absolute atomic E-state index is 0.202. The van der Waals surface area contributed by atoms with E-state index < -0.39 is 0 Å². The van der Waals surface area contributed by atoms with Crippen molar-refractivity contribution in [3.63, 3.8) is 0 Å². The van der Waals surface area contributed by atoms with Crippen molar-refractivity contribution in [3.8, 4) is 11.1 Å². The summed E-state index contributed by atoms with van der Waals surface area (Å²) in [6.45, 7) is 1.06. The first kappa shape index (κ1) is 17.0. The number of halogens is 2. The summed E-state index contributed by atoms with van der Waals surface area (Å²) in [4.78, 5) is 0. The molecule has 1 aliphatic heterocycles. The van der Waals surface area contributed by atoms with Gasteiger partial charge in [-0.1, -0.05) is 36.4 Å². The molecule has 1 fully saturated rings. The van der Waals surface area contributed by atoms with Gasteiger partial charge in [0, 0.05) is 18.1 Å². The molecule has 2 aromatic carbocycles. The zero-order chi connectivity index (χ0) is 16.8. The van der Waals surface area contributed by atoms with Crippen LogP contribution in [0.15, 0.2) is 54.2 Å². The molecule has 2 aromatic rings. The van der Waals surface area contributed by atoms with Crippen LogP contribution in [0.2, 0.25) is 0 Å². The fraction of sp³-hybridized carbons (Fsp3) is 0.333. The lowest BCUT2D eigenvalue weighted by Gasteiger charge is -2.22.